The highest BCUT2D eigenvalue weighted by Gasteiger charge is 2.18. The van der Waals surface area contributed by atoms with E-state index < -0.39 is 5.97 Å². The van der Waals surface area contributed by atoms with Gasteiger partial charge in [-0.05, 0) is 74.1 Å². The predicted molar refractivity (Wildman–Crippen MR) is 111 cm³/mol. The molecular weight excluding hydrogens is 370 g/mol. The number of carbonyl (C=O) groups excluding carboxylic acids is 2. The Morgan fingerprint density at radius 1 is 1.00 bits per heavy atom. The van der Waals surface area contributed by atoms with E-state index in [4.69, 9.17) is 9.47 Å². The van der Waals surface area contributed by atoms with E-state index in [9.17, 15) is 9.59 Å². The van der Waals surface area contributed by atoms with Gasteiger partial charge in [-0.25, -0.2) is 4.79 Å². The zero-order valence-electron chi connectivity index (χ0n) is 16.9. The molecule has 0 spiro atoms. The number of ether oxygens (including phenoxy) is 3. The standard InChI is InChI=1S/C23H27NO5/c1-27-21-15-16(7-13-20(21)29-19-5-3-4-6-19)8-14-22(25)24-18-11-9-17(10-12-18)23(26)28-2/h7,9-13,15,19H,3-6,8,14H2,1-2H3,(H,24,25). The molecule has 1 aliphatic rings. The molecule has 0 radical (unpaired) electrons. The summed E-state index contributed by atoms with van der Waals surface area (Å²) in [7, 11) is 2.96. The monoisotopic (exact) mass is 397 g/mol. The summed E-state index contributed by atoms with van der Waals surface area (Å²) < 4.78 is 16.2. The molecule has 0 heterocycles. The van der Waals surface area contributed by atoms with E-state index in [2.05, 4.69) is 10.1 Å². The van der Waals surface area contributed by atoms with Crippen molar-refractivity contribution in [2.75, 3.05) is 19.5 Å². The summed E-state index contributed by atoms with van der Waals surface area (Å²) in [6.45, 7) is 0. The molecule has 0 aliphatic heterocycles. The fourth-order valence-electron chi connectivity index (χ4n) is 3.44. The van der Waals surface area contributed by atoms with Gasteiger partial charge in [0.15, 0.2) is 11.5 Å². The second-order valence-corrected chi connectivity index (χ2v) is 7.13. The lowest BCUT2D eigenvalue weighted by Crippen LogP contribution is -2.13. The molecule has 1 saturated carbocycles. The normalized spacial score (nSPS) is 13.7. The van der Waals surface area contributed by atoms with Crippen LogP contribution in [0.5, 0.6) is 11.5 Å². The smallest absolute Gasteiger partial charge is 0.337 e. The van der Waals surface area contributed by atoms with Gasteiger partial charge in [0.2, 0.25) is 5.91 Å². The Kier molecular flexibility index (Phi) is 7.11. The Bertz CT molecular complexity index is 841. The Hall–Kier alpha value is -3.02. The van der Waals surface area contributed by atoms with Gasteiger partial charge in [-0.3, -0.25) is 4.79 Å². The molecule has 0 saturated heterocycles. The van der Waals surface area contributed by atoms with Crippen LogP contribution in [0.2, 0.25) is 0 Å². The van der Waals surface area contributed by atoms with Crippen LogP contribution in [0.1, 0.15) is 48.0 Å². The van der Waals surface area contributed by atoms with Gasteiger partial charge in [0.05, 0.1) is 25.9 Å². The van der Waals surface area contributed by atoms with Gasteiger partial charge in [0.25, 0.3) is 0 Å². The molecule has 1 N–H and O–H groups in total. The van der Waals surface area contributed by atoms with E-state index in [1.165, 1.54) is 20.0 Å². The van der Waals surface area contributed by atoms with E-state index in [0.29, 0.717) is 29.8 Å². The van der Waals surface area contributed by atoms with Gasteiger partial charge in [0, 0.05) is 12.1 Å². The average Bonchev–Trinajstić information content (AvgIpc) is 3.26. The Morgan fingerprint density at radius 3 is 2.38 bits per heavy atom. The molecule has 1 fully saturated rings. The lowest BCUT2D eigenvalue weighted by molar-refractivity contribution is -0.116. The number of carbonyl (C=O) groups is 2. The van der Waals surface area contributed by atoms with Crippen LogP contribution in [0.25, 0.3) is 0 Å². The van der Waals surface area contributed by atoms with Crippen molar-refractivity contribution in [3.05, 3.63) is 53.6 Å². The number of hydrogen-bond acceptors (Lipinski definition) is 5. The molecule has 2 aromatic carbocycles. The van der Waals surface area contributed by atoms with Crippen LogP contribution in [0, 0.1) is 0 Å². The predicted octanol–water partition coefficient (Wildman–Crippen LogP) is 4.37. The van der Waals surface area contributed by atoms with Crippen molar-refractivity contribution in [1.29, 1.82) is 0 Å². The van der Waals surface area contributed by atoms with Crippen molar-refractivity contribution >= 4 is 17.6 Å². The molecule has 0 atom stereocenters. The van der Waals surface area contributed by atoms with Gasteiger partial charge < -0.3 is 19.5 Å². The first kappa shape index (κ1) is 20.7. The molecule has 0 bridgehead atoms. The first-order valence-corrected chi connectivity index (χ1v) is 9.91. The van der Waals surface area contributed by atoms with Gasteiger partial charge in [-0.1, -0.05) is 6.07 Å². The highest BCUT2D eigenvalue weighted by Crippen LogP contribution is 2.32. The van der Waals surface area contributed by atoms with Crippen LogP contribution in [0.3, 0.4) is 0 Å². The molecule has 154 valence electrons. The molecule has 1 aliphatic carbocycles. The van der Waals surface area contributed by atoms with E-state index in [1.54, 1.807) is 31.4 Å². The second kappa shape index (κ2) is 9.96. The van der Waals surface area contributed by atoms with Gasteiger partial charge in [0.1, 0.15) is 0 Å². The van der Waals surface area contributed by atoms with E-state index in [1.807, 2.05) is 18.2 Å². The van der Waals surface area contributed by atoms with Crippen LogP contribution in [0.15, 0.2) is 42.5 Å². The third-order valence-corrected chi connectivity index (χ3v) is 5.05. The zero-order valence-corrected chi connectivity index (χ0v) is 16.9. The summed E-state index contributed by atoms with van der Waals surface area (Å²) in [5.41, 5.74) is 2.09. The van der Waals surface area contributed by atoms with Crippen LogP contribution in [-0.4, -0.2) is 32.2 Å². The van der Waals surface area contributed by atoms with Gasteiger partial charge in [-0.15, -0.1) is 0 Å². The Labute approximate surface area is 171 Å². The molecule has 6 heteroatoms. The number of methoxy groups -OCH3 is 2. The molecule has 3 rings (SSSR count). The minimum absolute atomic E-state index is 0.0962. The topological polar surface area (TPSA) is 73.9 Å². The SMILES string of the molecule is COC(=O)c1ccc(NC(=O)CCc2ccc(OC3CCCC3)c(OC)c2)cc1. The van der Waals surface area contributed by atoms with Crippen molar-refractivity contribution in [2.45, 2.75) is 44.6 Å². The van der Waals surface area contributed by atoms with Crippen LogP contribution in [0.4, 0.5) is 5.69 Å². The number of hydrogen-bond donors (Lipinski definition) is 1. The van der Waals surface area contributed by atoms with Gasteiger partial charge in [-0.2, -0.15) is 0 Å². The first-order chi connectivity index (χ1) is 14.1. The Balaban J connectivity index is 1.53. The fraction of sp³-hybridized carbons (Fsp3) is 0.391. The van der Waals surface area contributed by atoms with Crippen molar-refractivity contribution in [3.8, 4) is 11.5 Å². The summed E-state index contributed by atoms with van der Waals surface area (Å²) in [6, 6.07) is 12.4. The quantitative estimate of drug-likeness (QED) is 0.670. The summed E-state index contributed by atoms with van der Waals surface area (Å²) >= 11 is 0. The molecule has 29 heavy (non-hydrogen) atoms. The molecule has 0 aromatic heterocycles. The van der Waals surface area contributed by atoms with Crippen molar-refractivity contribution < 1.29 is 23.8 Å². The average molecular weight is 397 g/mol. The number of aryl methyl sites for hydroxylation is 1. The van der Waals surface area contributed by atoms with Crippen LogP contribution in [-0.2, 0) is 16.0 Å². The largest absolute Gasteiger partial charge is 0.493 e. The minimum Gasteiger partial charge on any atom is -0.493 e. The number of anilines is 1. The van der Waals surface area contributed by atoms with Crippen LogP contribution >= 0.6 is 0 Å². The number of esters is 1. The second-order valence-electron chi connectivity index (χ2n) is 7.13. The lowest BCUT2D eigenvalue weighted by atomic mass is 10.1. The molecule has 0 unspecified atom stereocenters. The number of nitrogens with one attached hydrogen (secondary N) is 1. The zero-order chi connectivity index (χ0) is 20.6. The van der Waals surface area contributed by atoms with Crippen molar-refractivity contribution in [2.24, 2.45) is 0 Å². The maximum absolute atomic E-state index is 12.3. The number of amides is 1. The van der Waals surface area contributed by atoms with Gasteiger partial charge >= 0.3 is 5.97 Å². The maximum atomic E-state index is 12.3. The minimum atomic E-state index is -0.405. The van der Waals surface area contributed by atoms with Crippen molar-refractivity contribution in [3.63, 3.8) is 0 Å². The fourth-order valence-corrected chi connectivity index (χ4v) is 3.44. The highest BCUT2D eigenvalue weighted by atomic mass is 16.5. The lowest BCUT2D eigenvalue weighted by Gasteiger charge is -2.16. The number of benzene rings is 2. The van der Waals surface area contributed by atoms with E-state index >= 15 is 0 Å². The summed E-state index contributed by atoms with van der Waals surface area (Å²) in [5.74, 6) is 0.963. The molecular formula is C23H27NO5. The van der Waals surface area contributed by atoms with Crippen LogP contribution < -0.4 is 14.8 Å². The highest BCUT2D eigenvalue weighted by molar-refractivity contribution is 5.93. The first-order valence-electron chi connectivity index (χ1n) is 9.91. The Morgan fingerprint density at radius 2 is 1.72 bits per heavy atom. The third-order valence-electron chi connectivity index (χ3n) is 5.05. The molecule has 6 nitrogen and oxygen atoms in total. The van der Waals surface area contributed by atoms with E-state index in [-0.39, 0.29) is 12.0 Å². The molecule has 2 aromatic rings. The number of rotatable bonds is 8. The van der Waals surface area contributed by atoms with E-state index in [0.717, 1.165) is 24.2 Å². The third kappa shape index (κ3) is 5.73. The summed E-state index contributed by atoms with van der Waals surface area (Å²) in [6.07, 6.45) is 5.80. The maximum Gasteiger partial charge on any atom is 0.337 e. The summed E-state index contributed by atoms with van der Waals surface area (Å²) in [5, 5.41) is 2.84. The molecule has 1 amide bonds. The summed E-state index contributed by atoms with van der Waals surface area (Å²) in [4.78, 5) is 23.7. The van der Waals surface area contributed by atoms with Crippen molar-refractivity contribution in [1.82, 2.24) is 0 Å².